The topological polar surface area (TPSA) is 226 Å². The standard InChI is InChI=1S/C31H56NO12P/c1-3-5-7-9-10-11-12-13-14-15-16-18-22(33)20-25(35)32-23(24(34)19-17-8-6-4-2)21-43-45(41,42)44-31-29(39)27(37)26(36)28(38)30(31)40/h13-14,16-19,22-24,26-31,33-34,36-40H,3-12,15,20-21H2,1-2H3,(H,32,35)(H,41,42)/b14-13-,18-16-,19-17+. The van der Waals surface area contributed by atoms with E-state index in [2.05, 4.69) is 18.3 Å². The molecular formula is C31H56NO12P. The van der Waals surface area contributed by atoms with Crippen LogP contribution in [-0.2, 0) is 18.4 Å². The van der Waals surface area contributed by atoms with Crippen LogP contribution >= 0.6 is 7.82 Å². The minimum Gasteiger partial charge on any atom is -0.389 e. The van der Waals surface area contributed by atoms with Gasteiger partial charge in [0.2, 0.25) is 5.91 Å². The molecule has 13 nitrogen and oxygen atoms in total. The van der Waals surface area contributed by atoms with Gasteiger partial charge in [0.05, 0.1) is 31.3 Å². The summed E-state index contributed by atoms with van der Waals surface area (Å²) in [5.41, 5.74) is 0. The van der Waals surface area contributed by atoms with E-state index in [0.29, 0.717) is 12.8 Å². The highest BCUT2D eigenvalue weighted by Gasteiger charge is 2.51. The molecule has 0 aromatic heterocycles. The van der Waals surface area contributed by atoms with E-state index in [1.54, 1.807) is 12.2 Å². The van der Waals surface area contributed by atoms with Crippen molar-refractivity contribution in [3.8, 4) is 0 Å². The number of carbonyl (C=O) groups is 1. The van der Waals surface area contributed by atoms with Crippen molar-refractivity contribution in [2.45, 2.75) is 146 Å². The number of unbranched alkanes of at least 4 members (excludes halogenated alkanes) is 8. The number of allylic oxidation sites excluding steroid dienone is 4. The average molecular weight is 666 g/mol. The third-order valence-corrected chi connectivity index (χ3v) is 8.46. The zero-order valence-corrected chi connectivity index (χ0v) is 27.4. The fourth-order valence-corrected chi connectivity index (χ4v) is 5.66. The van der Waals surface area contributed by atoms with Gasteiger partial charge in [0, 0.05) is 0 Å². The first-order valence-electron chi connectivity index (χ1n) is 16.0. The molecule has 0 radical (unpaired) electrons. The second kappa shape index (κ2) is 22.9. The van der Waals surface area contributed by atoms with Crippen molar-refractivity contribution in [1.82, 2.24) is 5.32 Å². The van der Waals surface area contributed by atoms with Crippen LogP contribution < -0.4 is 5.32 Å². The molecule has 0 aliphatic heterocycles. The normalized spacial score (nSPS) is 27.6. The molecule has 8 unspecified atom stereocenters. The number of hydrogen-bond donors (Lipinski definition) is 9. The molecule has 1 aliphatic carbocycles. The Morgan fingerprint density at radius 3 is 2.00 bits per heavy atom. The van der Waals surface area contributed by atoms with Gasteiger partial charge in [-0.15, -0.1) is 0 Å². The van der Waals surface area contributed by atoms with E-state index in [1.807, 2.05) is 13.0 Å². The van der Waals surface area contributed by atoms with Gasteiger partial charge in [0.1, 0.15) is 36.6 Å². The monoisotopic (exact) mass is 665 g/mol. The first kappa shape index (κ1) is 41.5. The zero-order valence-electron chi connectivity index (χ0n) is 26.5. The highest BCUT2D eigenvalue weighted by Crippen LogP contribution is 2.47. The van der Waals surface area contributed by atoms with E-state index in [4.69, 9.17) is 9.05 Å². The summed E-state index contributed by atoms with van der Waals surface area (Å²) < 4.78 is 22.4. The Kier molecular flexibility index (Phi) is 21.2. The number of carbonyl (C=O) groups excluding carboxylic acids is 1. The minimum absolute atomic E-state index is 0.355. The van der Waals surface area contributed by atoms with E-state index >= 15 is 0 Å². The molecule has 1 saturated carbocycles. The predicted octanol–water partition coefficient (Wildman–Crippen LogP) is 1.90. The Balaban J connectivity index is 2.70. The third kappa shape index (κ3) is 16.8. The summed E-state index contributed by atoms with van der Waals surface area (Å²) in [4.78, 5) is 22.9. The van der Waals surface area contributed by atoms with Crippen molar-refractivity contribution >= 4 is 13.7 Å². The number of aliphatic hydroxyl groups is 7. The molecule has 0 saturated heterocycles. The Morgan fingerprint density at radius 1 is 0.778 bits per heavy atom. The van der Waals surface area contributed by atoms with Gasteiger partial charge in [-0.1, -0.05) is 95.2 Å². The van der Waals surface area contributed by atoms with Gasteiger partial charge in [-0.2, -0.15) is 0 Å². The first-order valence-corrected chi connectivity index (χ1v) is 17.5. The molecule has 1 fully saturated rings. The molecule has 14 heteroatoms. The lowest BCUT2D eigenvalue weighted by molar-refractivity contribution is -0.220. The van der Waals surface area contributed by atoms with Crippen molar-refractivity contribution in [2.24, 2.45) is 0 Å². The Morgan fingerprint density at radius 2 is 1.36 bits per heavy atom. The van der Waals surface area contributed by atoms with E-state index < -0.39 is 75.2 Å². The molecule has 9 N–H and O–H groups in total. The molecule has 0 aromatic rings. The molecule has 1 rings (SSSR count). The molecule has 8 atom stereocenters. The lowest BCUT2D eigenvalue weighted by Crippen LogP contribution is -2.64. The van der Waals surface area contributed by atoms with E-state index in [0.717, 1.165) is 25.7 Å². The van der Waals surface area contributed by atoms with Gasteiger partial charge in [-0.25, -0.2) is 4.57 Å². The Bertz CT molecular complexity index is 932. The second-order valence-electron chi connectivity index (χ2n) is 11.5. The molecule has 45 heavy (non-hydrogen) atoms. The second-order valence-corrected chi connectivity index (χ2v) is 12.9. The van der Waals surface area contributed by atoms with Gasteiger partial charge < -0.3 is 46.0 Å². The lowest BCUT2D eigenvalue weighted by Gasteiger charge is -2.41. The maximum Gasteiger partial charge on any atom is 0.472 e. The van der Waals surface area contributed by atoms with Crippen LogP contribution in [0.25, 0.3) is 0 Å². The van der Waals surface area contributed by atoms with Crippen LogP contribution in [0.1, 0.15) is 90.9 Å². The maximum atomic E-state index is 12.7. The molecule has 0 bridgehead atoms. The van der Waals surface area contributed by atoms with Gasteiger partial charge in [-0.05, 0) is 25.7 Å². The van der Waals surface area contributed by atoms with Crippen LogP contribution in [0.2, 0.25) is 0 Å². The smallest absolute Gasteiger partial charge is 0.389 e. The molecule has 262 valence electrons. The van der Waals surface area contributed by atoms with Crippen LogP contribution in [0, 0.1) is 0 Å². The number of nitrogens with one attached hydrogen (secondary N) is 1. The Hall–Kier alpha value is -1.48. The number of phosphoric ester groups is 1. The Labute approximate surface area is 266 Å². The highest BCUT2D eigenvalue weighted by atomic mass is 31.2. The molecule has 1 aliphatic rings. The molecule has 0 spiro atoms. The van der Waals surface area contributed by atoms with Crippen LogP contribution in [0.5, 0.6) is 0 Å². The predicted molar refractivity (Wildman–Crippen MR) is 169 cm³/mol. The van der Waals surface area contributed by atoms with E-state index in [-0.39, 0.29) is 6.42 Å². The summed E-state index contributed by atoms with van der Waals surface area (Å²) in [7, 11) is -5.12. The van der Waals surface area contributed by atoms with Crippen molar-refractivity contribution < 1.29 is 59.0 Å². The van der Waals surface area contributed by atoms with Gasteiger partial charge >= 0.3 is 7.82 Å². The fourth-order valence-electron chi connectivity index (χ4n) is 4.69. The van der Waals surface area contributed by atoms with Crippen LogP contribution in [0.4, 0.5) is 0 Å². The molecule has 0 aromatic carbocycles. The van der Waals surface area contributed by atoms with Crippen LogP contribution in [0.3, 0.4) is 0 Å². The first-order chi connectivity index (χ1) is 21.3. The number of aliphatic hydroxyl groups excluding tert-OH is 7. The van der Waals surface area contributed by atoms with Crippen molar-refractivity contribution in [2.75, 3.05) is 6.61 Å². The number of phosphoric acid groups is 1. The average Bonchev–Trinajstić information content (AvgIpc) is 3.00. The fraction of sp³-hybridized carbons (Fsp3) is 0.774. The highest BCUT2D eigenvalue weighted by molar-refractivity contribution is 7.47. The lowest BCUT2D eigenvalue weighted by atomic mass is 9.85. The summed E-state index contributed by atoms with van der Waals surface area (Å²) >= 11 is 0. The van der Waals surface area contributed by atoms with Gasteiger partial charge in [0.15, 0.2) is 0 Å². The molecule has 1 amide bonds. The maximum absolute atomic E-state index is 12.7. The summed E-state index contributed by atoms with van der Waals surface area (Å²) in [6.07, 6.45) is 6.89. The summed E-state index contributed by atoms with van der Waals surface area (Å²) in [6, 6.07) is -1.26. The summed E-state index contributed by atoms with van der Waals surface area (Å²) in [6.45, 7) is 3.42. The largest absolute Gasteiger partial charge is 0.472 e. The van der Waals surface area contributed by atoms with Crippen molar-refractivity contribution in [3.05, 3.63) is 36.5 Å². The number of hydrogen-bond acceptors (Lipinski definition) is 11. The van der Waals surface area contributed by atoms with Crippen LogP contribution in [0.15, 0.2) is 36.5 Å². The summed E-state index contributed by atoms with van der Waals surface area (Å²) in [5, 5.41) is 73.0. The number of amides is 1. The SMILES string of the molecule is CCCC/C=C/C(O)C(COP(=O)(O)OC1C(O)C(O)C(O)C(O)C1O)NC(=O)CC(O)/C=C\C/C=C\CCCCCCCC. The third-order valence-electron chi connectivity index (χ3n) is 7.48. The minimum atomic E-state index is -5.12. The van der Waals surface area contributed by atoms with Crippen molar-refractivity contribution in [1.29, 1.82) is 0 Å². The quantitative estimate of drug-likeness (QED) is 0.0433. The number of rotatable bonds is 23. The molecule has 0 heterocycles. The molecular weight excluding hydrogens is 609 g/mol. The van der Waals surface area contributed by atoms with Gasteiger partial charge in [0.25, 0.3) is 0 Å². The van der Waals surface area contributed by atoms with Crippen molar-refractivity contribution in [3.63, 3.8) is 0 Å². The van der Waals surface area contributed by atoms with Crippen LogP contribution in [-0.4, -0.2) is 108 Å². The zero-order chi connectivity index (χ0) is 33.8. The van der Waals surface area contributed by atoms with E-state index in [1.165, 1.54) is 44.3 Å². The summed E-state index contributed by atoms with van der Waals surface area (Å²) in [5.74, 6) is -0.674. The van der Waals surface area contributed by atoms with Gasteiger partial charge in [-0.3, -0.25) is 13.8 Å². The van der Waals surface area contributed by atoms with E-state index in [9.17, 15) is 50.0 Å².